The van der Waals surface area contributed by atoms with Gasteiger partial charge in [0.1, 0.15) is 17.3 Å². The smallest absolute Gasteiger partial charge is 0.269 e. The molecule has 0 amide bonds. The Labute approximate surface area is 426 Å². The average Bonchev–Trinajstić information content (AvgIpc) is 4.37. The zero-order valence-corrected chi connectivity index (χ0v) is 39.0. The first-order valence-corrected chi connectivity index (χ1v) is 23.7. The van der Waals surface area contributed by atoms with Crippen LogP contribution < -0.4 is 9.30 Å². The number of imidazole rings is 1. The van der Waals surface area contributed by atoms with Crippen LogP contribution in [0, 0.1) is 12.2 Å². The first-order chi connectivity index (χ1) is 39.1. The number of aromatic nitrogens is 5. The molecule has 13 rings (SSSR count). The molecule has 13 aromatic rings. The highest BCUT2D eigenvalue weighted by Gasteiger charge is 2.24. The van der Waals surface area contributed by atoms with Gasteiger partial charge in [0, 0.05) is 39.9 Å². The summed E-state index contributed by atoms with van der Waals surface area (Å²) in [6.07, 6.45) is 5.39. The van der Waals surface area contributed by atoms with Crippen LogP contribution in [-0.4, -0.2) is 18.7 Å². The van der Waals surface area contributed by atoms with Gasteiger partial charge in [0.2, 0.25) is 0 Å². The van der Waals surface area contributed by atoms with Crippen molar-refractivity contribution in [1.82, 2.24) is 18.7 Å². The molecule has 0 N–H and O–H groups in total. The van der Waals surface area contributed by atoms with Crippen LogP contribution in [0.4, 0.5) is 0 Å². The first-order valence-electron chi connectivity index (χ1n) is 28.7. The maximum Gasteiger partial charge on any atom is 0.269 e. The molecule has 340 valence electrons. The zero-order valence-electron chi connectivity index (χ0n) is 49.0. The van der Waals surface area contributed by atoms with Crippen LogP contribution in [0.1, 0.15) is 46.0 Å². The fourth-order valence-corrected chi connectivity index (χ4v) is 10.1. The highest BCUT2D eigenvalue weighted by Crippen LogP contribution is 2.43. The van der Waals surface area contributed by atoms with Gasteiger partial charge in [-0.15, -0.1) is 0 Å². The van der Waals surface area contributed by atoms with Crippen molar-refractivity contribution >= 4 is 54.6 Å². The Morgan fingerprint density at radius 3 is 1.79 bits per heavy atom. The number of fused-ring (bicyclic) bond motifs is 7. The molecule has 0 fully saturated rings. The molecule has 1 atom stereocenters. The van der Waals surface area contributed by atoms with Crippen molar-refractivity contribution < 1.29 is 23.0 Å². The standard InChI is InChI=1S/C65H49N5O/c1-43(2)44(3)47-36-37-66-63(38-47)70-58-33-15-12-28-55(58)64-61(69-56-31-13-10-26-53(56)54-27-11-14-32-57(54)69)40-50(41-62(64)70)71-49-25-18-24-48(39-49)67-42-68(60-35-17-16-34-59(60)67)65-51(45-20-6-4-7-21-45)29-19-30-52(65)46-22-8-5-9-23-46/h4-41,43-44H,1-3H3/i4D,5D,6D,7D,8D,9D,20D,21D,22D,23D. The molecule has 0 aliphatic rings. The van der Waals surface area contributed by atoms with Gasteiger partial charge in [-0.3, -0.25) is 13.7 Å². The van der Waals surface area contributed by atoms with Crippen molar-refractivity contribution in [1.29, 1.82) is 0 Å². The molecule has 0 bridgehead atoms. The third-order valence-corrected chi connectivity index (χ3v) is 13.7. The number of nitrogens with zero attached hydrogens (tertiary/aromatic N) is 5. The van der Waals surface area contributed by atoms with Gasteiger partial charge in [-0.05, 0) is 88.2 Å². The molecule has 71 heavy (non-hydrogen) atoms. The Morgan fingerprint density at radius 2 is 1.13 bits per heavy atom. The molecule has 0 aliphatic carbocycles. The predicted molar refractivity (Wildman–Crippen MR) is 291 cm³/mol. The second-order valence-corrected chi connectivity index (χ2v) is 18.1. The molecule has 0 radical (unpaired) electrons. The summed E-state index contributed by atoms with van der Waals surface area (Å²) in [5.41, 5.74) is 8.06. The lowest BCUT2D eigenvalue weighted by Gasteiger charge is -2.18. The van der Waals surface area contributed by atoms with Crippen molar-refractivity contribution in [2.24, 2.45) is 5.92 Å². The van der Waals surface area contributed by atoms with E-state index in [0.717, 1.165) is 55.1 Å². The monoisotopic (exact) mass is 925 g/mol. The molecule has 4 aromatic heterocycles. The summed E-state index contributed by atoms with van der Waals surface area (Å²) in [6, 6.07) is 48.3. The van der Waals surface area contributed by atoms with E-state index in [4.69, 9.17) is 23.4 Å². The van der Waals surface area contributed by atoms with Gasteiger partial charge in [-0.25, -0.2) is 4.98 Å². The summed E-state index contributed by atoms with van der Waals surface area (Å²) < 4.78 is 103. The van der Waals surface area contributed by atoms with E-state index in [-0.39, 0.29) is 33.9 Å². The first kappa shape index (κ1) is 32.7. The lowest BCUT2D eigenvalue weighted by Crippen LogP contribution is -2.31. The number of hydrogen-bond donors (Lipinski definition) is 0. The zero-order chi connectivity index (χ0) is 56.3. The number of rotatable bonds is 10. The Hall–Kier alpha value is -9.00. The average molecular weight is 926 g/mol. The summed E-state index contributed by atoms with van der Waals surface area (Å²) in [5.74, 6) is 2.52. The fourth-order valence-electron chi connectivity index (χ4n) is 10.1. The largest absolute Gasteiger partial charge is 0.458 e. The van der Waals surface area contributed by atoms with Gasteiger partial charge in [-0.2, -0.15) is 0 Å². The fraction of sp³-hybridized carbons (Fsp3) is 0.0769. The van der Waals surface area contributed by atoms with E-state index in [1.807, 2.05) is 59.3 Å². The Morgan fingerprint density at radius 1 is 0.535 bits per heavy atom. The van der Waals surface area contributed by atoms with Crippen LogP contribution in [0.15, 0.2) is 230 Å². The molecule has 6 nitrogen and oxygen atoms in total. The third kappa shape index (κ3) is 7.09. The van der Waals surface area contributed by atoms with Crippen LogP contribution in [0.25, 0.3) is 99.8 Å². The summed E-state index contributed by atoms with van der Waals surface area (Å²) in [7, 11) is 0. The van der Waals surface area contributed by atoms with Crippen LogP contribution in [0.2, 0.25) is 0 Å². The van der Waals surface area contributed by atoms with E-state index in [9.17, 15) is 0 Å². The highest BCUT2D eigenvalue weighted by atomic mass is 16.5. The lowest BCUT2D eigenvalue weighted by atomic mass is 9.91. The van der Waals surface area contributed by atoms with Crippen LogP contribution in [0.3, 0.4) is 0 Å². The van der Waals surface area contributed by atoms with E-state index < -0.39 is 60.4 Å². The minimum Gasteiger partial charge on any atom is -0.458 e. The van der Waals surface area contributed by atoms with Gasteiger partial charge >= 0.3 is 0 Å². The van der Waals surface area contributed by atoms with Gasteiger partial charge in [0.15, 0.2) is 0 Å². The lowest BCUT2D eigenvalue weighted by molar-refractivity contribution is -0.571. The van der Waals surface area contributed by atoms with Crippen molar-refractivity contribution in [3.63, 3.8) is 0 Å². The number of benzene rings is 9. The number of para-hydroxylation sites is 6. The second kappa shape index (κ2) is 17.2. The molecule has 6 heteroatoms. The van der Waals surface area contributed by atoms with E-state index >= 15 is 0 Å². The molecule has 0 spiro atoms. The molecular weight excluding hydrogens is 867 g/mol. The second-order valence-electron chi connectivity index (χ2n) is 18.1. The van der Waals surface area contributed by atoms with Gasteiger partial charge in [0.05, 0.1) is 63.9 Å². The summed E-state index contributed by atoms with van der Waals surface area (Å²) in [6.45, 7) is 6.71. The molecule has 1 unspecified atom stereocenters. The van der Waals surface area contributed by atoms with Crippen LogP contribution >= 0.6 is 0 Å². The van der Waals surface area contributed by atoms with Gasteiger partial charge in [0.25, 0.3) is 6.33 Å². The van der Waals surface area contributed by atoms with Gasteiger partial charge < -0.3 is 9.30 Å². The minimum absolute atomic E-state index is 0.136. The molecule has 0 saturated carbocycles. The van der Waals surface area contributed by atoms with Crippen LogP contribution in [0.5, 0.6) is 11.5 Å². The van der Waals surface area contributed by atoms with Crippen molar-refractivity contribution in [3.05, 3.63) is 242 Å². The van der Waals surface area contributed by atoms with Gasteiger partial charge in [-0.1, -0.05) is 184 Å². The molecular formula is C65H49N5O. The SMILES string of the molecule is [2H]c1c([2H])c([2H])c(-c2cccc(-c3c([2H])c([2H])c([2H])c([2H])c3[2H])c2-[n+]2[c-]n(-c3cccc(Oc4cc(-n5c6ccccc6c6ccccc65)c5c6ccccc6n(-c6cc(C(C)C(C)C)ccn6)c5c4)c3)c3ccccc32)c([2H])c1[2H]. The summed E-state index contributed by atoms with van der Waals surface area (Å²) in [4.78, 5) is 5.03. The molecule has 0 aliphatic heterocycles. The third-order valence-electron chi connectivity index (χ3n) is 13.7. The molecule has 9 aromatic carbocycles. The number of ether oxygens (including phenoxy) is 1. The Kier molecular flexibility index (Phi) is 7.92. The number of pyridine rings is 1. The van der Waals surface area contributed by atoms with Crippen molar-refractivity contribution in [3.8, 4) is 56.6 Å². The number of hydrogen-bond acceptors (Lipinski definition) is 2. The topological polar surface area (TPSA) is 40.8 Å². The van der Waals surface area contributed by atoms with Crippen molar-refractivity contribution in [2.45, 2.75) is 26.7 Å². The van der Waals surface area contributed by atoms with E-state index in [1.54, 1.807) is 22.8 Å². The quantitative estimate of drug-likeness (QED) is 0.101. The molecule has 0 saturated heterocycles. The minimum atomic E-state index is -0.571. The van der Waals surface area contributed by atoms with E-state index in [0.29, 0.717) is 34.1 Å². The summed E-state index contributed by atoms with van der Waals surface area (Å²) >= 11 is 0. The highest BCUT2D eigenvalue weighted by molar-refractivity contribution is 6.16. The summed E-state index contributed by atoms with van der Waals surface area (Å²) in [5, 5.41) is 4.30. The normalized spacial score (nSPS) is 14.2. The Balaban J connectivity index is 1.03. The Bertz CT molecular complexity index is 4570. The van der Waals surface area contributed by atoms with E-state index in [1.165, 1.54) is 5.56 Å². The maximum absolute atomic E-state index is 9.12. The maximum atomic E-state index is 9.12. The van der Waals surface area contributed by atoms with Crippen molar-refractivity contribution in [2.75, 3.05) is 0 Å². The molecule has 4 heterocycles. The van der Waals surface area contributed by atoms with E-state index in [2.05, 4.69) is 133 Å². The van der Waals surface area contributed by atoms with Crippen LogP contribution in [-0.2, 0) is 0 Å². The predicted octanol–water partition coefficient (Wildman–Crippen LogP) is 16.2.